The highest BCUT2D eigenvalue weighted by Gasteiger charge is 2.42. The molecule has 2 aromatic carbocycles. The topological polar surface area (TPSA) is 101 Å². The molecule has 0 fully saturated rings. The number of ether oxygens (including phenoxy) is 4. The van der Waals surface area contributed by atoms with Crippen molar-refractivity contribution in [2.75, 3.05) is 71.2 Å². The van der Waals surface area contributed by atoms with Crippen LogP contribution in [0.4, 0.5) is 16.2 Å². The molecular formula is C49H69N4O6+. The van der Waals surface area contributed by atoms with Gasteiger partial charge in [0.25, 0.3) is 0 Å². The van der Waals surface area contributed by atoms with E-state index < -0.39 is 6.09 Å². The fourth-order valence-electron chi connectivity index (χ4n) is 8.30. The normalized spacial score (nSPS) is 19.0. The Hall–Kier alpha value is -4.51. The second kappa shape index (κ2) is 23.3. The van der Waals surface area contributed by atoms with E-state index in [1.165, 1.54) is 46.8 Å². The van der Waals surface area contributed by atoms with Crippen molar-refractivity contribution < 1.29 is 33.1 Å². The van der Waals surface area contributed by atoms with Gasteiger partial charge in [-0.15, -0.1) is 0 Å². The van der Waals surface area contributed by atoms with E-state index in [0.717, 1.165) is 45.1 Å². The summed E-state index contributed by atoms with van der Waals surface area (Å²) in [6.45, 7) is 13.6. The lowest BCUT2D eigenvalue weighted by molar-refractivity contribution is -0.401. The number of hydrogen-bond donors (Lipinski definition) is 2. The maximum Gasteiger partial charge on any atom is 0.407 e. The summed E-state index contributed by atoms with van der Waals surface area (Å²) in [6, 6.07) is 17.4. The van der Waals surface area contributed by atoms with Crippen LogP contribution < -0.4 is 15.5 Å². The van der Waals surface area contributed by atoms with Crippen LogP contribution in [0.2, 0.25) is 0 Å². The summed E-state index contributed by atoms with van der Waals surface area (Å²) >= 11 is 0. The molecule has 2 aliphatic heterocycles. The molecule has 1 atom stereocenters. The summed E-state index contributed by atoms with van der Waals surface area (Å²) in [7, 11) is 2.15. The average Bonchev–Trinajstić information content (AvgIpc) is 3.54. The Morgan fingerprint density at radius 1 is 0.780 bits per heavy atom. The molecule has 2 heterocycles. The SMILES string of the molecule is C[N+]1=C(C=CC=CC=C2N(CCCCCC(=O)NCCOCCOCCOCCNC(=O)OC3C=CCCCCC3)c3ccccc3C2(C)C)C(C)(C)c2ccccc21. The molecule has 0 spiro atoms. The smallest absolute Gasteiger partial charge is 0.407 e. The highest BCUT2D eigenvalue weighted by molar-refractivity contribution is 6.03. The molecule has 0 saturated heterocycles. The Morgan fingerprint density at radius 2 is 1.47 bits per heavy atom. The first-order chi connectivity index (χ1) is 28.6. The molecule has 2 amide bonds. The lowest BCUT2D eigenvalue weighted by Crippen LogP contribution is -2.31. The van der Waals surface area contributed by atoms with Crippen LogP contribution in [0.5, 0.6) is 0 Å². The number of nitrogens with zero attached hydrogens (tertiary/aromatic N) is 2. The van der Waals surface area contributed by atoms with Gasteiger partial charge in [0, 0.05) is 60.6 Å². The maximum absolute atomic E-state index is 12.5. The van der Waals surface area contributed by atoms with E-state index in [2.05, 4.69) is 140 Å². The number of carbonyl (C=O) groups is 2. The number of carbonyl (C=O) groups excluding carboxylic acids is 2. The number of anilines is 1. The molecule has 3 aliphatic rings. The highest BCUT2D eigenvalue weighted by Crippen LogP contribution is 2.47. The minimum absolute atomic E-state index is 0.0460. The van der Waals surface area contributed by atoms with Crippen LogP contribution in [0.1, 0.15) is 96.6 Å². The fraction of sp³-hybridized carbons (Fsp3) is 0.531. The van der Waals surface area contributed by atoms with E-state index in [1.807, 2.05) is 6.08 Å². The van der Waals surface area contributed by atoms with Crippen molar-refractivity contribution in [3.8, 4) is 0 Å². The van der Waals surface area contributed by atoms with Gasteiger partial charge in [-0.3, -0.25) is 4.79 Å². The molecule has 1 unspecified atom stereocenters. The van der Waals surface area contributed by atoms with Crippen molar-refractivity contribution in [3.63, 3.8) is 0 Å². The Bertz CT molecular complexity index is 1830. The quantitative estimate of drug-likeness (QED) is 0.0531. The zero-order valence-electron chi connectivity index (χ0n) is 36.3. The third-order valence-electron chi connectivity index (χ3n) is 11.6. The van der Waals surface area contributed by atoms with Crippen LogP contribution in [0.15, 0.2) is 96.8 Å². The van der Waals surface area contributed by atoms with Gasteiger partial charge in [0.2, 0.25) is 11.6 Å². The number of para-hydroxylation sites is 2. The molecule has 0 radical (unpaired) electrons. The van der Waals surface area contributed by atoms with Gasteiger partial charge in [-0.1, -0.05) is 87.4 Å². The molecule has 1 aliphatic carbocycles. The predicted molar refractivity (Wildman–Crippen MR) is 238 cm³/mol. The van der Waals surface area contributed by atoms with Crippen LogP contribution in [-0.4, -0.2) is 94.7 Å². The van der Waals surface area contributed by atoms with Crippen molar-refractivity contribution >= 4 is 29.1 Å². The average molecular weight is 810 g/mol. The number of unbranched alkanes of at least 4 members (excludes halogenated alkanes) is 2. The molecule has 5 rings (SSSR count). The molecule has 2 N–H and O–H groups in total. The highest BCUT2D eigenvalue weighted by atomic mass is 16.6. The van der Waals surface area contributed by atoms with Crippen LogP contribution in [0, 0.1) is 0 Å². The van der Waals surface area contributed by atoms with E-state index in [0.29, 0.717) is 59.2 Å². The number of alkyl carbamates (subject to hydrolysis) is 1. The van der Waals surface area contributed by atoms with E-state index in [4.69, 9.17) is 18.9 Å². The number of allylic oxidation sites excluding steroid dienone is 7. The second-order valence-corrected chi connectivity index (χ2v) is 16.6. The minimum atomic E-state index is -0.406. The van der Waals surface area contributed by atoms with Gasteiger partial charge < -0.3 is 34.5 Å². The number of benzene rings is 2. The molecule has 10 heteroatoms. The Labute approximate surface area is 353 Å². The van der Waals surface area contributed by atoms with Crippen LogP contribution in [0.3, 0.4) is 0 Å². The Balaban J connectivity index is 0.911. The van der Waals surface area contributed by atoms with Gasteiger partial charge >= 0.3 is 6.09 Å². The molecular weight excluding hydrogens is 741 g/mol. The first-order valence-electron chi connectivity index (χ1n) is 21.8. The molecule has 59 heavy (non-hydrogen) atoms. The summed E-state index contributed by atoms with van der Waals surface area (Å²) in [5, 5.41) is 5.71. The molecule has 320 valence electrons. The van der Waals surface area contributed by atoms with Gasteiger partial charge in [0.05, 0.1) is 45.1 Å². The Morgan fingerprint density at radius 3 is 2.24 bits per heavy atom. The van der Waals surface area contributed by atoms with Crippen LogP contribution in [0.25, 0.3) is 0 Å². The molecule has 2 aromatic rings. The number of amides is 2. The van der Waals surface area contributed by atoms with Gasteiger partial charge in [0.1, 0.15) is 13.2 Å². The molecule has 10 nitrogen and oxygen atoms in total. The van der Waals surface area contributed by atoms with Gasteiger partial charge in [-0.05, 0) is 76.2 Å². The first kappa shape index (κ1) is 45.6. The maximum atomic E-state index is 12.5. The zero-order chi connectivity index (χ0) is 41.9. The molecule has 0 bridgehead atoms. The monoisotopic (exact) mass is 810 g/mol. The van der Waals surface area contributed by atoms with Crippen LogP contribution >= 0.6 is 0 Å². The van der Waals surface area contributed by atoms with E-state index in [-0.39, 0.29) is 22.8 Å². The standard InChI is InChI=1S/C49H68N4O6/c1-48(2)40-23-16-18-25-42(40)52(5)44(48)27-13-9-14-28-45-49(3,4)41-24-17-19-26-43(41)53(45)32-20-10-15-29-46(54)50-30-33-56-35-37-58-38-36-57-34-31-51-47(55)59-39-21-11-7-6-8-12-22-39/h9,11,13-14,16-19,21,23-28,39H,6-8,10,12,15,20,22,29-38H2,1-5H3,(H-,50,51,54,55)/p+1. The fourth-order valence-corrected chi connectivity index (χ4v) is 8.30. The first-order valence-corrected chi connectivity index (χ1v) is 21.8. The Kier molecular flexibility index (Phi) is 18.0. The summed E-state index contributed by atoms with van der Waals surface area (Å²) in [4.78, 5) is 27.0. The largest absolute Gasteiger partial charge is 0.442 e. The lowest BCUT2D eigenvalue weighted by atomic mass is 9.81. The van der Waals surface area contributed by atoms with Crippen molar-refractivity contribution in [1.82, 2.24) is 10.6 Å². The third kappa shape index (κ3) is 13.2. The van der Waals surface area contributed by atoms with Crippen molar-refractivity contribution in [2.45, 2.75) is 102 Å². The third-order valence-corrected chi connectivity index (χ3v) is 11.6. The minimum Gasteiger partial charge on any atom is -0.442 e. The number of rotatable bonds is 22. The van der Waals surface area contributed by atoms with E-state index in [1.54, 1.807) is 0 Å². The summed E-state index contributed by atoms with van der Waals surface area (Å²) in [6.07, 6.45) is 23.2. The number of nitrogens with one attached hydrogen (secondary N) is 2. The van der Waals surface area contributed by atoms with Crippen molar-refractivity contribution in [3.05, 3.63) is 108 Å². The molecule has 0 saturated carbocycles. The summed E-state index contributed by atoms with van der Waals surface area (Å²) in [5.41, 5.74) is 7.67. The van der Waals surface area contributed by atoms with Crippen molar-refractivity contribution in [1.29, 1.82) is 0 Å². The predicted octanol–water partition coefficient (Wildman–Crippen LogP) is 8.83. The van der Waals surface area contributed by atoms with Crippen molar-refractivity contribution in [2.24, 2.45) is 0 Å². The van der Waals surface area contributed by atoms with E-state index >= 15 is 0 Å². The van der Waals surface area contributed by atoms with Crippen LogP contribution in [-0.2, 0) is 34.6 Å². The summed E-state index contributed by atoms with van der Waals surface area (Å²) in [5.74, 6) is 0.0575. The summed E-state index contributed by atoms with van der Waals surface area (Å²) < 4.78 is 24.5. The van der Waals surface area contributed by atoms with Gasteiger partial charge in [0.15, 0.2) is 5.71 Å². The molecule has 0 aromatic heterocycles. The van der Waals surface area contributed by atoms with E-state index in [9.17, 15) is 9.59 Å². The zero-order valence-corrected chi connectivity index (χ0v) is 36.3. The van der Waals surface area contributed by atoms with Gasteiger partial charge in [-0.25, -0.2) is 4.79 Å². The van der Waals surface area contributed by atoms with Gasteiger partial charge in [-0.2, -0.15) is 4.58 Å². The number of hydrogen-bond acceptors (Lipinski definition) is 7. The lowest BCUT2D eigenvalue weighted by Gasteiger charge is -2.27. The number of fused-ring (bicyclic) bond motifs is 2. The second-order valence-electron chi connectivity index (χ2n) is 16.6.